The number of hydrazone groups is 1. The molecule has 2 atom stereocenters. The number of hydrogen-bond acceptors (Lipinski definition) is 12. The number of unbranched alkanes of at least 4 members (excludes halogenated alkanes) is 6. The van der Waals surface area contributed by atoms with Gasteiger partial charge >= 0.3 is 0 Å². The van der Waals surface area contributed by atoms with Gasteiger partial charge in [-0.3, -0.25) is 14.8 Å². The van der Waals surface area contributed by atoms with E-state index in [4.69, 9.17) is 4.74 Å². The number of ketones is 1. The fourth-order valence-electron chi connectivity index (χ4n) is 7.00. The zero-order valence-corrected chi connectivity index (χ0v) is 35.8. The first-order chi connectivity index (χ1) is 28.9. The number of Topliss-reactive ketones (excluding diaryl/α,β-unsaturated/α-hetero) is 1. The van der Waals surface area contributed by atoms with Crippen molar-refractivity contribution in [2.45, 2.75) is 97.2 Å². The number of para-hydroxylation sites is 1. The highest BCUT2D eigenvalue weighted by Crippen LogP contribution is 2.35. The summed E-state index contributed by atoms with van der Waals surface area (Å²) in [6, 6.07) is 25.1. The third-order valence-electron chi connectivity index (χ3n) is 10.3. The van der Waals surface area contributed by atoms with E-state index < -0.39 is 38.7 Å². The van der Waals surface area contributed by atoms with E-state index in [-0.39, 0.29) is 5.56 Å². The van der Waals surface area contributed by atoms with Crippen LogP contribution in [0.15, 0.2) is 105 Å². The number of carbonyl (C=O) groups excluding carboxylic acids is 1. The van der Waals surface area contributed by atoms with Crippen LogP contribution in [0.25, 0.3) is 6.08 Å². The summed E-state index contributed by atoms with van der Waals surface area (Å²) < 4.78 is 40.8. The highest BCUT2D eigenvalue weighted by Gasteiger charge is 2.33. The quantitative estimate of drug-likeness (QED) is 0.0208. The number of azo groups is 1. The molecular formula is C46H58N6O7S. The Morgan fingerprint density at radius 2 is 1.43 bits per heavy atom. The first-order valence-corrected chi connectivity index (χ1v) is 22.2. The van der Waals surface area contributed by atoms with Crippen LogP contribution in [0.5, 0.6) is 5.75 Å². The normalized spacial score (nSPS) is 14.5. The second-order valence-corrected chi connectivity index (χ2v) is 16.5. The Hall–Kier alpha value is -5.41. The molecule has 14 heteroatoms. The molecule has 60 heavy (non-hydrogen) atoms. The van der Waals surface area contributed by atoms with Crippen molar-refractivity contribution < 1.29 is 32.7 Å². The molecule has 0 aliphatic heterocycles. The summed E-state index contributed by atoms with van der Waals surface area (Å²) in [5.41, 5.74) is 7.19. The van der Waals surface area contributed by atoms with Gasteiger partial charge in [0.25, 0.3) is 10.1 Å². The van der Waals surface area contributed by atoms with Gasteiger partial charge in [-0.2, -0.15) is 23.7 Å². The first kappa shape index (κ1) is 45.7. The van der Waals surface area contributed by atoms with E-state index >= 15 is 0 Å². The summed E-state index contributed by atoms with van der Waals surface area (Å²) in [4.78, 5) is 15.0. The maximum absolute atomic E-state index is 13.6. The third kappa shape index (κ3) is 13.0. The largest absolute Gasteiger partial charge is 0.494 e. The van der Waals surface area contributed by atoms with Gasteiger partial charge in [0, 0.05) is 41.8 Å². The van der Waals surface area contributed by atoms with Gasteiger partial charge in [-0.1, -0.05) is 83.4 Å². The second kappa shape index (κ2) is 22.3. The summed E-state index contributed by atoms with van der Waals surface area (Å²) in [6.07, 6.45) is 10.3. The van der Waals surface area contributed by atoms with E-state index in [1.165, 1.54) is 13.2 Å². The number of allylic oxidation sites excluding steroid dienone is 1. The van der Waals surface area contributed by atoms with Crippen LogP contribution in [0.2, 0.25) is 0 Å². The summed E-state index contributed by atoms with van der Waals surface area (Å²) in [6.45, 7) is 6.99. The van der Waals surface area contributed by atoms with Crippen LogP contribution >= 0.6 is 0 Å². The molecule has 0 fully saturated rings. The minimum Gasteiger partial charge on any atom is -0.494 e. The Bertz CT molecular complexity index is 2230. The number of aliphatic hydroxyl groups excluding tert-OH is 2. The predicted molar refractivity (Wildman–Crippen MR) is 241 cm³/mol. The van der Waals surface area contributed by atoms with Gasteiger partial charge in [-0.15, -0.1) is 0 Å². The number of fused-ring (bicyclic) bond motifs is 1. The van der Waals surface area contributed by atoms with E-state index in [2.05, 4.69) is 44.8 Å². The molecule has 0 amide bonds. The zero-order valence-electron chi connectivity index (χ0n) is 35.0. The van der Waals surface area contributed by atoms with Crippen LogP contribution in [-0.2, 0) is 10.1 Å². The van der Waals surface area contributed by atoms with E-state index in [0.29, 0.717) is 65.6 Å². The van der Waals surface area contributed by atoms with Crippen LogP contribution < -0.4 is 20.4 Å². The molecule has 0 radical (unpaired) electrons. The zero-order chi connectivity index (χ0) is 43.1. The summed E-state index contributed by atoms with van der Waals surface area (Å²) >= 11 is 0. The number of rotatable bonds is 23. The molecular weight excluding hydrogens is 781 g/mol. The molecule has 13 nitrogen and oxygen atoms in total. The number of aliphatic hydroxyl groups is 2. The van der Waals surface area contributed by atoms with Crippen molar-refractivity contribution in [3.05, 3.63) is 107 Å². The minimum atomic E-state index is -4.86. The smallest absolute Gasteiger partial charge is 0.296 e. The third-order valence-corrected chi connectivity index (χ3v) is 11.2. The number of hydrogen-bond donors (Lipinski definition) is 5. The molecule has 5 N–H and O–H groups in total. The molecule has 4 aromatic rings. The van der Waals surface area contributed by atoms with Crippen molar-refractivity contribution >= 4 is 61.8 Å². The average molecular weight is 839 g/mol. The van der Waals surface area contributed by atoms with Crippen LogP contribution in [0.4, 0.5) is 34.1 Å². The van der Waals surface area contributed by atoms with Crippen molar-refractivity contribution in [3.63, 3.8) is 0 Å². The lowest BCUT2D eigenvalue weighted by molar-refractivity contribution is 0.106. The topological polar surface area (TPSA) is 186 Å². The number of nitrogens with zero attached hydrogens (tertiary/aromatic N) is 4. The Morgan fingerprint density at radius 3 is 2.03 bits per heavy atom. The maximum atomic E-state index is 13.6. The molecule has 1 aliphatic carbocycles. The molecule has 0 saturated heterocycles. The van der Waals surface area contributed by atoms with E-state index in [1.807, 2.05) is 54.6 Å². The van der Waals surface area contributed by atoms with E-state index in [0.717, 1.165) is 62.7 Å². The van der Waals surface area contributed by atoms with Crippen molar-refractivity contribution in [2.75, 3.05) is 35.8 Å². The van der Waals surface area contributed by atoms with Crippen molar-refractivity contribution in [1.29, 1.82) is 0 Å². The van der Waals surface area contributed by atoms with Gasteiger partial charge < -0.3 is 25.2 Å². The molecule has 0 saturated carbocycles. The van der Waals surface area contributed by atoms with Gasteiger partial charge in [0.2, 0.25) is 5.78 Å². The molecule has 1 aliphatic rings. The fraction of sp³-hybridized carbons (Fsp3) is 0.391. The minimum absolute atomic E-state index is 0.215. The van der Waals surface area contributed by atoms with Gasteiger partial charge in [0.15, 0.2) is 5.71 Å². The van der Waals surface area contributed by atoms with Crippen molar-refractivity contribution in [2.24, 2.45) is 15.3 Å². The lowest BCUT2D eigenvalue weighted by Crippen LogP contribution is -2.38. The Balaban J connectivity index is 1.31. The Morgan fingerprint density at radius 1 is 0.783 bits per heavy atom. The number of ether oxygens (including phenoxy) is 1. The molecule has 0 spiro atoms. The van der Waals surface area contributed by atoms with Gasteiger partial charge in [-0.05, 0) is 97.6 Å². The number of nitrogens with one attached hydrogen (secondary N) is 2. The average Bonchev–Trinajstić information content (AvgIpc) is 3.23. The van der Waals surface area contributed by atoms with Gasteiger partial charge in [-0.25, -0.2) is 0 Å². The molecule has 0 heterocycles. The highest BCUT2D eigenvalue weighted by molar-refractivity contribution is 7.91. The van der Waals surface area contributed by atoms with Crippen LogP contribution in [0.1, 0.15) is 99.5 Å². The second-order valence-electron chi connectivity index (χ2n) is 15.1. The molecule has 5 rings (SSSR count). The van der Waals surface area contributed by atoms with Crippen LogP contribution in [0, 0.1) is 6.92 Å². The standard InChI is InChI=1S/C46H58N6O7S/c1-5-7-9-14-18-38(53)30-52(31-39(54)19-15-10-8-6-2)37-23-20-35(21-24-37)48-49-41-29-43(59-4)42(26-32(41)3)50-51-45-44(60(56,57)58)28-33-27-36(22-25-40(33)46(45)55)47-34-16-12-11-13-17-34/h11-13,16-17,20-29,38-39,47,50,53-54H,5-10,14-15,18-19,30-31H2,1-4H3,(H,56,57,58)/b49-48+,51-45+. The Labute approximate surface area is 354 Å². The summed E-state index contributed by atoms with van der Waals surface area (Å²) in [5.74, 6) is -0.393. The fourth-order valence-corrected chi connectivity index (χ4v) is 7.65. The highest BCUT2D eigenvalue weighted by atomic mass is 32.2. The summed E-state index contributed by atoms with van der Waals surface area (Å²) in [5, 5.41) is 38.1. The maximum Gasteiger partial charge on any atom is 0.296 e. The molecule has 320 valence electrons. The lowest BCUT2D eigenvalue weighted by atomic mass is 9.94. The van der Waals surface area contributed by atoms with Crippen LogP contribution in [0.3, 0.4) is 0 Å². The monoisotopic (exact) mass is 838 g/mol. The Kier molecular flexibility index (Phi) is 16.9. The number of carbonyl (C=O) groups is 1. The molecule has 4 aromatic carbocycles. The number of aryl methyl sites for hydroxylation is 1. The first-order valence-electron chi connectivity index (χ1n) is 20.8. The lowest BCUT2D eigenvalue weighted by Gasteiger charge is -2.29. The SMILES string of the molecule is CCCCCCC(O)CN(CC(O)CCCCCC)c1ccc(/N=N/c2cc(OC)c(N/N=C3/C(=O)c4ccc(Nc5ccccc5)cc4C=C3S(=O)(=O)O)cc2C)cc1. The molecule has 0 aromatic heterocycles. The van der Waals surface area contributed by atoms with Crippen LogP contribution in [-0.4, -0.2) is 67.1 Å². The van der Waals surface area contributed by atoms with Gasteiger partial charge in [0.1, 0.15) is 10.7 Å². The number of benzene rings is 4. The van der Waals surface area contributed by atoms with Crippen molar-refractivity contribution in [3.8, 4) is 5.75 Å². The predicted octanol–water partition coefficient (Wildman–Crippen LogP) is 10.5. The molecule has 0 bridgehead atoms. The van der Waals surface area contributed by atoms with Crippen molar-refractivity contribution in [1.82, 2.24) is 0 Å². The van der Waals surface area contributed by atoms with Gasteiger partial charge in [0.05, 0.1) is 36.4 Å². The number of anilines is 4. The molecule has 2 unspecified atom stereocenters. The summed E-state index contributed by atoms with van der Waals surface area (Å²) in [7, 11) is -3.41. The number of methoxy groups -OCH3 is 1. The van der Waals surface area contributed by atoms with E-state index in [9.17, 15) is 28.0 Å². The van der Waals surface area contributed by atoms with E-state index in [1.54, 1.807) is 37.3 Å².